The van der Waals surface area contributed by atoms with Crippen LogP contribution in [0, 0.1) is 70.5 Å². The maximum atomic E-state index is 13.6. The lowest BCUT2D eigenvalue weighted by Crippen LogP contribution is -2.75. The van der Waals surface area contributed by atoms with Crippen LogP contribution in [-0.2, 0) is 19.0 Å². The zero-order valence-electron chi connectivity index (χ0n) is 14.5. The summed E-state index contributed by atoms with van der Waals surface area (Å²) in [5.41, 5.74) is -0.455. The molecule has 10 aliphatic rings. The molecule has 4 nitrogen and oxygen atoms in total. The lowest BCUT2D eigenvalue weighted by Gasteiger charge is -2.64. The van der Waals surface area contributed by atoms with E-state index in [0.29, 0.717) is 41.8 Å². The van der Waals surface area contributed by atoms with E-state index in [0.717, 1.165) is 35.5 Å². The number of ether oxygens (including phenoxy) is 3. The van der Waals surface area contributed by atoms with Crippen molar-refractivity contribution in [3.63, 3.8) is 0 Å². The van der Waals surface area contributed by atoms with Crippen molar-refractivity contribution in [2.45, 2.75) is 43.7 Å². The van der Waals surface area contributed by atoms with Crippen LogP contribution in [0.1, 0.15) is 25.7 Å². The van der Waals surface area contributed by atoms with Gasteiger partial charge in [-0.15, -0.1) is 0 Å². The summed E-state index contributed by atoms with van der Waals surface area (Å²) in [6.07, 6.45) is 5.71. The van der Waals surface area contributed by atoms with E-state index >= 15 is 0 Å². The zero-order valence-corrected chi connectivity index (χ0v) is 14.5. The van der Waals surface area contributed by atoms with E-state index in [1.165, 1.54) is 25.7 Å². The summed E-state index contributed by atoms with van der Waals surface area (Å²) in [5, 5.41) is 0. The van der Waals surface area contributed by atoms with Crippen LogP contribution in [-0.4, -0.2) is 31.1 Å². The first kappa shape index (κ1) is 12.7. The van der Waals surface area contributed by atoms with Gasteiger partial charge in [-0.3, -0.25) is 4.79 Å². The molecule has 10 fully saturated rings. The van der Waals surface area contributed by atoms with Gasteiger partial charge in [-0.2, -0.15) is 0 Å². The molecule has 0 amide bonds. The van der Waals surface area contributed by atoms with Gasteiger partial charge in [0.05, 0.1) is 19.3 Å². The molecule has 0 radical (unpaired) electrons. The maximum Gasteiger partial charge on any atom is 0.317 e. The Morgan fingerprint density at radius 3 is 2.28 bits per heavy atom. The summed E-state index contributed by atoms with van der Waals surface area (Å²) in [4.78, 5) is 13.6. The van der Waals surface area contributed by atoms with Gasteiger partial charge in [0.1, 0.15) is 5.41 Å². The summed E-state index contributed by atoms with van der Waals surface area (Å²) in [6, 6.07) is 0. The number of methoxy groups -OCH3 is 1. The van der Waals surface area contributed by atoms with Crippen molar-refractivity contribution in [3.05, 3.63) is 0 Å². The summed E-state index contributed by atoms with van der Waals surface area (Å²) >= 11 is 0. The lowest BCUT2D eigenvalue weighted by molar-refractivity contribution is -0.420. The molecule has 132 valence electrons. The van der Waals surface area contributed by atoms with Crippen molar-refractivity contribution < 1.29 is 19.0 Å². The first-order valence-corrected chi connectivity index (χ1v) is 10.7. The highest BCUT2D eigenvalue weighted by molar-refractivity contribution is 5.82. The van der Waals surface area contributed by atoms with E-state index in [4.69, 9.17) is 14.2 Å². The van der Waals surface area contributed by atoms with Gasteiger partial charge >= 0.3 is 5.97 Å². The molecule has 0 aromatic carbocycles. The quantitative estimate of drug-likeness (QED) is 0.686. The third-order valence-electron chi connectivity index (χ3n) is 11.5. The summed E-state index contributed by atoms with van der Waals surface area (Å²) < 4.78 is 19.6. The fraction of sp³-hybridized carbons (Fsp3) is 0.952. The standard InChI is InChI=1S/C21H24O4/c1-23-19(22)20-16-7-3-5-8-10(7)13-15(16)14-12-6-2-4-9(11(6)17(14)20)25-21(20,24-8)18(12)13/h6-18H,2-5H2,1H3/t6-,7+,8-,9-,10-,11-,12+,13-,14-,15-,16+,17+,18+,20+,21-/m1/s1. The molecule has 0 N–H and O–H groups in total. The van der Waals surface area contributed by atoms with Crippen molar-refractivity contribution >= 4 is 5.97 Å². The summed E-state index contributed by atoms with van der Waals surface area (Å²) in [5.74, 6) is 6.98. The lowest BCUT2D eigenvalue weighted by atomic mass is 9.51. The summed E-state index contributed by atoms with van der Waals surface area (Å²) in [6.45, 7) is 0. The minimum Gasteiger partial charge on any atom is -0.468 e. The van der Waals surface area contributed by atoms with Crippen LogP contribution in [0.2, 0.25) is 0 Å². The molecule has 15 atom stereocenters. The number of esters is 1. The van der Waals surface area contributed by atoms with Crippen LogP contribution in [0.5, 0.6) is 0 Å². The molecule has 2 aliphatic heterocycles. The fourth-order valence-electron chi connectivity index (χ4n) is 12.1. The third-order valence-corrected chi connectivity index (χ3v) is 11.5. The van der Waals surface area contributed by atoms with E-state index < -0.39 is 11.2 Å². The van der Waals surface area contributed by atoms with Crippen LogP contribution in [0.3, 0.4) is 0 Å². The third kappa shape index (κ3) is 0.818. The Kier molecular flexibility index (Phi) is 1.64. The number of rotatable bonds is 1. The highest BCUT2D eigenvalue weighted by atomic mass is 16.7. The Bertz CT molecular complexity index is 772. The van der Waals surface area contributed by atoms with Crippen LogP contribution in [0.4, 0.5) is 0 Å². The van der Waals surface area contributed by atoms with Gasteiger partial charge in [0.25, 0.3) is 0 Å². The van der Waals surface area contributed by atoms with Crippen molar-refractivity contribution in [3.8, 4) is 0 Å². The van der Waals surface area contributed by atoms with E-state index in [1.807, 2.05) is 0 Å². The monoisotopic (exact) mass is 340 g/mol. The Balaban J connectivity index is 1.45. The van der Waals surface area contributed by atoms with Crippen LogP contribution in [0.25, 0.3) is 0 Å². The van der Waals surface area contributed by atoms with Gasteiger partial charge in [-0.1, -0.05) is 0 Å². The number of hydrogen-bond donors (Lipinski definition) is 0. The Hall–Kier alpha value is -0.610. The molecule has 25 heavy (non-hydrogen) atoms. The van der Waals surface area contributed by atoms with E-state index in [2.05, 4.69) is 0 Å². The highest BCUT2D eigenvalue weighted by Gasteiger charge is 2.99. The predicted molar refractivity (Wildman–Crippen MR) is 83.8 cm³/mol. The Morgan fingerprint density at radius 2 is 1.48 bits per heavy atom. The SMILES string of the molecule is COC(=O)[C@]12[C@@H]3[C@H]4[C@H]5[C@H]6[C@@H]7[C@H](CC[C@H]7O[C@]17O[C@@H]1CC[C@@H]([C@@H]4[C@@H]67)[C@@H]31)[C@@H]52. The molecule has 10 rings (SSSR count). The summed E-state index contributed by atoms with van der Waals surface area (Å²) in [7, 11) is 1.60. The molecule has 4 heteroatoms. The molecule has 2 saturated heterocycles. The molecular weight excluding hydrogens is 316 g/mol. The average molecular weight is 340 g/mol. The van der Waals surface area contributed by atoms with Crippen molar-refractivity contribution in [1.82, 2.24) is 0 Å². The second kappa shape index (κ2) is 3.22. The molecule has 1 spiro atoms. The number of carbonyl (C=O) groups excluding carboxylic acids is 1. The van der Waals surface area contributed by atoms with Gasteiger partial charge in [-0.25, -0.2) is 0 Å². The number of carbonyl (C=O) groups is 1. The fourth-order valence-corrected chi connectivity index (χ4v) is 12.1. The van der Waals surface area contributed by atoms with Crippen molar-refractivity contribution in [2.24, 2.45) is 70.5 Å². The molecule has 0 aromatic heterocycles. The molecule has 0 unspecified atom stereocenters. The first-order chi connectivity index (χ1) is 12.3. The zero-order chi connectivity index (χ0) is 16.0. The Labute approximate surface area is 146 Å². The van der Waals surface area contributed by atoms with Crippen molar-refractivity contribution in [2.75, 3.05) is 7.11 Å². The van der Waals surface area contributed by atoms with E-state index in [1.54, 1.807) is 7.11 Å². The molecular formula is C21H24O4. The molecule has 2 heterocycles. The van der Waals surface area contributed by atoms with Gasteiger partial charge in [0.2, 0.25) is 0 Å². The van der Waals surface area contributed by atoms with Crippen LogP contribution in [0.15, 0.2) is 0 Å². The molecule has 8 saturated carbocycles. The van der Waals surface area contributed by atoms with Gasteiger partial charge in [0, 0.05) is 5.92 Å². The maximum absolute atomic E-state index is 13.6. The van der Waals surface area contributed by atoms with Gasteiger partial charge in [-0.05, 0) is 84.9 Å². The largest absolute Gasteiger partial charge is 0.468 e. The van der Waals surface area contributed by atoms with Crippen LogP contribution >= 0.6 is 0 Å². The normalized spacial score (nSPS) is 78.5. The van der Waals surface area contributed by atoms with E-state index in [9.17, 15) is 4.79 Å². The van der Waals surface area contributed by atoms with Crippen LogP contribution < -0.4 is 0 Å². The van der Waals surface area contributed by atoms with E-state index in [-0.39, 0.29) is 5.97 Å². The average Bonchev–Trinajstić information content (AvgIpc) is 3.32. The Morgan fingerprint density at radius 1 is 0.800 bits per heavy atom. The second-order valence-corrected chi connectivity index (χ2v) is 10.9. The van der Waals surface area contributed by atoms with Gasteiger partial charge < -0.3 is 14.2 Å². The minimum atomic E-state index is -0.610. The number of hydrogen-bond acceptors (Lipinski definition) is 4. The second-order valence-electron chi connectivity index (χ2n) is 10.9. The topological polar surface area (TPSA) is 44.8 Å². The first-order valence-electron chi connectivity index (χ1n) is 10.7. The molecule has 9 bridgehead atoms. The highest BCUT2D eigenvalue weighted by Crippen LogP contribution is 2.94. The smallest absolute Gasteiger partial charge is 0.317 e. The molecule has 0 aromatic rings. The minimum absolute atomic E-state index is 0.0381. The predicted octanol–water partition coefficient (Wildman–Crippen LogP) is 2.07. The molecule has 8 aliphatic carbocycles. The van der Waals surface area contributed by atoms with Gasteiger partial charge in [0.15, 0.2) is 5.79 Å². The van der Waals surface area contributed by atoms with Crippen molar-refractivity contribution in [1.29, 1.82) is 0 Å².